The van der Waals surface area contributed by atoms with Crippen molar-refractivity contribution < 1.29 is 0 Å². The van der Waals surface area contributed by atoms with E-state index >= 15 is 0 Å². The second-order valence-corrected chi connectivity index (χ2v) is 19.6. The highest BCUT2D eigenvalue weighted by molar-refractivity contribution is 6.12. The minimum absolute atomic E-state index is 1.14. The zero-order valence-corrected chi connectivity index (χ0v) is 40.7. The number of nitrogens with zero attached hydrogens (tertiary/aromatic N) is 4. The molecule has 0 aliphatic carbocycles. The summed E-state index contributed by atoms with van der Waals surface area (Å²) in [4.78, 5) is 0. The minimum Gasteiger partial charge on any atom is -0.309 e. The Morgan fingerprint density at radius 3 is 0.972 bits per heavy atom. The van der Waals surface area contributed by atoms with E-state index in [2.05, 4.69) is 276 Å². The summed E-state index contributed by atoms with van der Waals surface area (Å²) in [7, 11) is 0. The van der Waals surface area contributed by atoms with Crippen LogP contribution >= 0.6 is 0 Å². The van der Waals surface area contributed by atoms with Crippen LogP contribution in [0.1, 0.15) is 22.3 Å². The highest BCUT2D eigenvalue weighted by atomic mass is 15.0. The molecule has 4 heterocycles. The van der Waals surface area contributed by atoms with E-state index in [0.29, 0.717) is 0 Å². The van der Waals surface area contributed by atoms with Crippen LogP contribution in [0.4, 0.5) is 0 Å². The highest BCUT2D eigenvalue weighted by Crippen LogP contribution is 2.43. The lowest BCUT2D eigenvalue weighted by molar-refractivity contribution is 1.13. The third kappa shape index (κ3) is 6.39. The fourth-order valence-corrected chi connectivity index (χ4v) is 11.8. The standard InChI is InChI=1S/C68H50N4/c1-43-23-29-51(30-24-43)69-61-21-13-11-19-55(61)59-41-53(33-37-65(59)69)71-63-35-27-49(39-57(63)45(3)67(71)47-15-7-5-8-16-47)50-28-36-64-58(40-50)46(4)68(48-17-9-6-10-18-48)72(64)54-34-38-66-60(42-54)56-20-12-14-22-62(56)70(66)52-31-25-44(2)26-32-52/h5-42H,1-4H3. The molecule has 0 bridgehead atoms. The first-order chi connectivity index (χ1) is 35.4. The maximum absolute atomic E-state index is 2.48. The molecule has 0 atom stereocenters. The van der Waals surface area contributed by atoms with Crippen LogP contribution in [0, 0.1) is 27.7 Å². The number of para-hydroxylation sites is 2. The Morgan fingerprint density at radius 2 is 0.556 bits per heavy atom. The summed E-state index contributed by atoms with van der Waals surface area (Å²) in [6.07, 6.45) is 0. The maximum Gasteiger partial charge on any atom is 0.0570 e. The summed E-state index contributed by atoms with van der Waals surface area (Å²) in [6.45, 7) is 8.88. The molecule has 0 fully saturated rings. The van der Waals surface area contributed by atoms with Crippen LogP contribution in [0.25, 0.3) is 122 Å². The number of aromatic nitrogens is 4. The maximum atomic E-state index is 2.48. The lowest BCUT2D eigenvalue weighted by atomic mass is 9.99. The fraction of sp³-hybridized carbons (Fsp3) is 0.0588. The van der Waals surface area contributed by atoms with Gasteiger partial charge in [0.15, 0.2) is 0 Å². The zero-order valence-electron chi connectivity index (χ0n) is 40.7. The molecule has 0 aliphatic rings. The van der Waals surface area contributed by atoms with E-state index in [9.17, 15) is 0 Å². The van der Waals surface area contributed by atoms with Gasteiger partial charge in [0.2, 0.25) is 0 Å². The lowest BCUT2D eigenvalue weighted by Gasteiger charge is -2.14. The molecule has 4 nitrogen and oxygen atoms in total. The number of hydrogen-bond acceptors (Lipinski definition) is 0. The van der Waals surface area contributed by atoms with E-state index in [1.165, 1.54) is 133 Å². The molecule has 0 aliphatic heterocycles. The van der Waals surface area contributed by atoms with Crippen molar-refractivity contribution in [1.82, 2.24) is 18.3 Å². The second-order valence-electron chi connectivity index (χ2n) is 19.6. The number of hydrogen-bond donors (Lipinski definition) is 0. The molecule has 0 saturated heterocycles. The number of fused-ring (bicyclic) bond motifs is 8. The van der Waals surface area contributed by atoms with Gasteiger partial charge in [-0.25, -0.2) is 0 Å². The SMILES string of the molecule is Cc1ccc(-n2c3ccccc3c3cc(-n4c(-c5ccccc5)c(C)c5cc(-c6ccc7c(c6)c(C)c(-c6ccccc6)n7-c6ccc7c(c6)c6ccccc6n7-c6ccc(C)cc6)ccc54)ccc32)cc1. The predicted octanol–water partition coefficient (Wildman–Crippen LogP) is 18.0. The van der Waals surface area contributed by atoms with Gasteiger partial charge < -0.3 is 18.3 Å². The van der Waals surface area contributed by atoms with Crippen molar-refractivity contribution in [3.8, 4) is 56.4 Å². The third-order valence-electron chi connectivity index (χ3n) is 15.3. The van der Waals surface area contributed by atoms with Crippen molar-refractivity contribution in [2.24, 2.45) is 0 Å². The molecule has 4 heteroatoms. The Balaban J connectivity index is 0.934. The van der Waals surface area contributed by atoms with E-state index in [1.807, 2.05) is 0 Å². The van der Waals surface area contributed by atoms with Gasteiger partial charge >= 0.3 is 0 Å². The minimum atomic E-state index is 1.14. The summed E-state index contributed by atoms with van der Waals surface area (Å²) >= 11 is 0. The van der Waals surface area contributed by atoms with E-state index in [0.717, 1.165) is 11.4 Å². The van der Waals surface area contributed by atoms with Crippen molar-refractivity contribution in [3.05, 3.63) is 253 Å². The van der Waals surface area contributed by atoms with Gasteiger partial charge in [-0.2, -0.15) is 0 Å². The van der Waals surface area contributed by atoms with E-state index in [1.54, 1.807) is 0 Å². The predicted molar refractivity (Wildman–Crippen MR) is 304 cm³/mol. The summed E-state index contributed by atoms with van der Waals surface area (Å²) in [5, 5.41) is 7.44. The third-order valence-corrected chi connectivity index (χ3v) is 15.3. The van der Waals surface area contributed by atoms with Crippen LogP contribution in [-0.4, -0.2) is 18.3 Å². The van der Waals surface area contributed by atoms with Crippen LogP contribution in [-0.2, 0) is 0 Å². The van der Waals surface area contributed by atoms with Crippen LogP contribution in [0.5, 0.6) is 0 Å². The van der Waals surface area contributed by atoms with E-state index in [4.69, 9.17) is 0 Å². The molecule has 14 aromatic rings. The Morgan fingerprint density at radius 1 is 0.222 bits per heavy atom. The summed E-state index contributed by atoms with van der Waals surface area (Å²) in [5.41, 5.74) is 24.0. The smallest absolute Gasteiger partial charge is 0.0570 e. The van der Waals surface area contributed by atoms with Gasteiger partial charge in [0, 0.05) is 55.1 Å². The van der Waals surface area contributed by atoms with Gasteiger partial charge in [0.25, 0.3) is 0 Å². The number of benzene rings is 10. The average molecular weight is 923 g/mol. The molecule has 10 aromatic carbocycles. The first-order valence-electron chi connectivity index (χ1n) is 25.0. The Kier molecular flexibility index (Phi) is 9.43. The Bertz CT molecular complexity index is 4160. The summed E-state index contributed by atoms with van der Waals surface area (Å²) < 4.78 is 9.77. The molecule has 14 rings (SSSR count). The molecule has 0 unspecified atom stereocenters. The molecule has 342 valence electrons. The average Bonchev–Trinajstić information content (AvgIpc) is 4.13. The van der Waals surface area contributed by atoms with Crippen LogP contribution < -0.4 is 0 Å². The molecule has 4 aromatic heterocycles. The van der Waals surface area contributed by atoms with Crippen LogP contribution in [0.3, 0.4) is 0 Å². The Hall–Kier alpha value is -9.12. The molecule has 0 amide bonds. The van der Waals surface area contributed by atoms with Gasteiger partial charge in [0.05, 0.1) is 44.5 Å². The molecule has 0 N–H and O–H groups in total. The van der Waals surface area contributed by atoms with Gasteiger partial charge in [-0.3, -0.25) is 0 Å². The summed E-state index contributed by atoms with van der Waals surface area (Å²) in [6, 6.07) is 85.2. The first-order valence-corrected chi connectivity index (χ1v) is 25.0. The molecule has 0 spiro atoms. The van der Waals surface area contributed by atoms with Crippen molar-refractivity contribution in [2.45, 2.75) is 27.7 Å². The van der Waals surface area contributed by atoms with Gasteiger partial charge in [-0.15, -0.1) is 0 Å². The fourth-order valence-electron chi connectivity index (χ4n) is 11.8. The van der Waals surface area contributed by atoms with Crippen molar-refractivity contribution in [2.75, 3.05) is 0 Å². The number of rotatable bonds is 7. The van der Waals surface area contributed by atoms with Crippen molar-refractivity contribution >= 4 is 65.4 Å². The van der Waals surface area contributed by atoms with Crippen molar-refractivity contribution in [3.63, 3.8) is 0 Å². The van der Waals surface area contributed by atoms with Crippen LogP contribution in [0.15, 0.2) is 231 Å². The van der Waals surface area contributed by atoms with Gasteiger partial charge in [0.1, 0.15) is 0 Å². The van der Waals surface area contributed by atoms with Crippen molar-refractivity contribution in [1.29, 1.82) is 0 Å². The monoisotopic (exact) mass is 922 g/mol. The molecular weight excluding hydrogens is 873 g/mol. The molecule has 0 radical (unpaired) electrons. The largest absolute Gasteiger partial charge is 0.309 e. The Labute approximate surface area is 418 Å². The lowest BCUT2D eigenvalue weighted by Crippen LogP contribution is -1.98. The van der Waals surface area contributed by atoms with Gasteiger partial charge in [-0.05, 0) is 158 Å². The summed E-state index contributed by atoms with van der Waals surface area (Å²) in [5.74, 6) is 0. The molecule has 72 heavy (non-hydrogen) atoms. The van der Waals surface area contributed by atoms with Crippen LogP contribution in [0.2, 0.25) is 0 Å². The first kappa shape index (κ1) is 41.8. The molecule has 0 saturated carbocycles. The van der Waals surface area contributed by atoms with Gasteiger partial charge in [-0.1, -0.05) is 145 Å². The second kappa shape index (κ2) is 16.2. The normalized spacial score (nSPS) is 11.9. The molecular formula is C68H50N4. The number of aryl methyl sites for hydroxylation is 4. The highest BCUT2D eigenvalue weighted by Gasteiger charge is 2.23. The quantitative estimate of drug-likeness (QED) is 0.152. The zero-order chi connectivity index (χ0) is 48.2. The topological polar surface area (TPSA) is 19.7 Å². The van der Waals surface area contributed by atoms with E-state index in [-0.39, 0.29) is 0 Å². The van der Waals surface area contributed by atoms with E-state index < -0.39 is 0 Å².